The molecule has 2 heterocycles. The van der Waals surface area contributed by atoms with Crippen LogP contribution in [0.15, 0.2) is 6.07 Å². The molecule has 3 nitrogen and oxygen atoms in total. The predicted molar refractivity (Wildman–Crippen MR) is 74.5 cm³/mol. The molecular weight excluding hydrogens is 246 g/mol. The fourth-order valence-corrected chi connectivity index (χ4v) is 3.07. The number of amides is 1. The van der Waals surface area contributed by atoms with E-state index in [0.717, 1.165) is 10.4 Å². The van der Waals surface area contributed by atoms with Crippen molar-refractivity contribution in [2.24, 2.45) is 0 Å². The van der Waals surface area contributed by atoms with Crippen LogP contribution in [0.5, 0.6) is 0 Å². The van der Waals surface area contributed by atoms with Gasteiger partial charge in [0.25, 0.3) is 5.91 Å². The zero-order valence-electron chi connectivity index (χ0n) is 11.6. The molecule has 18 heavy (non-hydrogen) atoms. The van der Waals surface area contributed by atoms with E-state index < -0.39 is 0 Å². The van der Waals surface area contributed by atoms with Crippen LogP contribution in [0.25, 0.3) is 0 Å². The van der Waals surface area contributed by atoms with Crippen molar-refractivity contribution >= 4 is 17.2 Å². The maximum absolute atomic E-state index is 12.4. The molecule has 0 unspecified atom stereocenters. The number of rotatable bonds is 1. The molecule has 1 aromatic rings. The number of thiophene rings is 1. The highest BCUT2D eigenvalue weighted by Crippen LogP contribution is 2.32. The summed E-state index contributed by atoms with van der Waals surface area (Å²) in [5.41, 5.74) is 0.978. The SMILES string of the molecule is Cc1sc(C(C)(C)C)cc1C(=O)N1CCOCC1. The number of aryl methyl sites for hydroxylation is 1. The number of carbonyl (C=O) groups is 1. The zero-order valence-corrected chi connectivity index (χ0v) is 12.4. The minimum absolute atomic E-state index is 0.110. The van der Waals surface area contributed by atoms with Gasteiger partial charge in [0, 0.05) is 22.8 Å². The summed E-state index contributed by atoms with van der Waals surface area (Å²) in [6, 6.07) is 2.07. The number of carbonyl (C=O) groups excluding carboxylic acids is 1. The second-order valence-corrected chi connectivity index (χ2v) is 6.99. The summed E-state index contributed by atoms with van der Waals surface area (Å²) in [5, 5.41) is 0. The van der Waals surface area contributed by atoms with Gasteiger partial charge in [-0.15, -0.1) is 11.3 Å². The van der Waals surface area contributed by atoms with E-state index in [-0.39, 0.29) is 11.3 Å². The van der Waals surface area contributed by atoms with Gasteiger partial charge in [0.05, 0.1) is 18.8 Å². The summed E-state index contributed by atoms with van der Waals surface area (Å²) in [5.74, 6) is 0.155. The van der Waals surface area contributed by atoms with Crippen molar-refractivity contribution in [2.45, 2.75) is 33.1 Å². The molecule has 4 heteroatoms. The zero-order chi connectivity index (χ0) is 13.3. The molecule has 100 valence electrons. The van der Waals surface area contributed by atoms with Crippen LogP contribution >= 0.6 is 11.3 Å². The van der Waals surface area contributed by atoms with Gasteiger partial charge < -0.3 is 9.64 Å². The largest absolute Gasteiger partial charge is 0.378 e. The molecule has 1 saturated heterocycles. The van der Waals surface area contributed by atoms with Gasteiger partial charge in [-0.25, -0.2) is 0 Å². The van der Waals surface area contributed by atoms with Crippen LogP contribution in [-0.4, -0.2) is 37.1 Å². The molecule has 0 N–H and O–H groups in total. The average Bonchev–Trinajstić information content (AvgIpc) is 2.71. The monoisotopic (exact) mass is 267 g/mol. The third-order valence-electron chi connectivity index (χ3n) is 3.19. The Morgan fingerprint density at radius 1 is 1.33 bits per heavy atom. The normalized spacial score (nSPS) is 17.0. The molecule has 0 atom stereocenters. The average molecular weight is 267 g/mol. The Kier molecular flexibility index (Phi) is 3.78. The van der Waals surface area contributed by atoms with Crippen molar-refractivity contribution in [1.82, 2.24) is 4.90 Å². The van der Waals surface area contributed by atoms with Gasteiger partial charge in [0.2, 0.25) is 0 Å². The Morgan fingerprint density at radius 2 is 1.94 bits per heavy atom. The van der Waals surface area contributed by atoms with Crippen LogP contribution in [-0.2, 0) is 10.2 Å². The lowest BCUT2D eigenvalue weighted by Gasteiger charge is -2.26. The van der Waals surface area contributed by atoms with Crippen LogP contribution in [0.3, 0.4) is 0 Å². The first-order valence-electron chi connectivity index (χ1n) is 6.37. The van der Waals surface area contributed by atoms with Crippen molar-refractivity contribution in [3.8, 4) is 0 Å². The van der Waals surface area contributed by atoms with E-state index in [1.807, 2.05) is 11.8 Å². The van der Waals surface area contributed by atoms with E-state index in [0.29, 0.717) is 26.3 Å². The Balaban J connectivity index is 2.22. The lowest BCUT2D eigenvalue weighted by Crippen LogP contribution is -2.40. The van der Waals surface area contributed by atoms with Crippen molar-refractivity contribution in [3.63, 3.8) is 0 Å². The summed E-state index contributed by atoms with van der Waals surface area (Å²) in [6.45, 7) is 11.3. The second kappa shape index (κ2) is 5.02. The smallest absolute Gasteiger partial charge is 0.255 e. The lowest BCUT2D eigenvalue weighted by atomic mass is 9.94. The third kappa shape index (κ3) is 2.75. The number of nitrogens with zero attached hydrogens (tertiary/aromatic N) is 1. The van der Waals surface area contributed by atoms with E-state index in [1.54, 1.807) is 11.3 Å². The quantitative estimate of drug-likeness (QED) is 0.783. The number of morpholine rings is 1. The van der Waals surface area contributed by atoms with Gasteiger partial charge in [-0.3, -0.25) is 4.79 Å². The highest BCUT2D eigenvalue weighted by atomic mass is 32.1. The van der Waals surface area contributed by atoms with Gasteiger partial charge in [0.15, 0.2) is 0 Å². The van der Waals surface area contributed by atoms with Gasteiger partial charge in [-0.2, -0.15) is 0 Å². The molecule has 0 aromatic carbocycles. The van der Waals surface area contributed by atoms with E-state index in [1.165, 1.54) is 4.88 Å². The Morgan fingerprint density at radius 3 is 2.44 bits per heavy atom. The van der Waals surface area contributed by atoms with Crippen LogP contribution in [0, 0.1) is 6.92 Å². The molecule has 0 radical (unpaired) electrons. The Labute approximate surface area is 113 Å². The highest BCUT2D eigenvalue weighted by molar-refractivity contribution is 7.12. The maximum Gasteiger partial charge on any atom is 0.255 e. The van der Waals surface area contributed by atoms with E-state index in [9.17, 15) is 4.79 Å². The molecule has 0 aliphatic carbocycles. The van der Waals surface area contributed by atoms with Gasteiger partial charge >= 0.3 is 0 Å². The molecular formula is C14H21NO2S. The van der Waals surface area contributed by atoms with E-state index >= 15 is 0 Å². The molecule has 1 aromatic heterocycles. The maximum atomic E-state index is 12.4. The first kappa shape index (κ1) is 13.6. The Hall–Kier alpha value is -0.870. The van der Waals surface area contributed by atoms with Crippen molar-refractivity contribution in [1.29, 1.82) is 0 Å². The number of ether oxygens (including phenoxy) is 1. The number of hydrogen-bond donors (Lipinski definition) is 0. The summed E-state index contributed by atoms with van der Waals surface area (Å²) >= 11 is 1.73. The molecule has 0 spiro atoms. The Bertz CT molecular complexity index is 439. The standard InChI is InChI=1S/C14H21NO2S/c1-10-11(9-12(18-10)14(2,3)4)13(16)15-5-7-17-8-6-15/h9H,5-8H2,1-4H3. The molecule has 0 saturated carbocycles. The summed E-state index contributed by atoms with van der Waals surface area (Å²) < 4.78 is 5.28. The minimum atomic E-state index is 0.110. The van der Waals surface area contributed by atoms with Crippen LogP contribution in [0.4, 0.5) is 0 Å². The van der Waals surface area contributed by atoms with E-state index in [4.69, 9.17) is 4.74 Å². The third-order valence-corrected chi connectivity index (χ3v) is 4.66. The number of hydrogen-bond acceptors (Lipinski definition) is 3. The lowest BCUT2D eigenvalue weighted by molar-refractivity contribution is 0.0303. The molecule has 2 rings (SSSR count). The van der Waals surface area contributed by atoms with Gasteiger partial charge in [-0.1, -0.05) is 20.8 Å². The van der Waals surface area contributed by atoms with Crippen LogP contribution in [0.1, 0.15) is 40.9 Å². The molecule has 1 aliphatic heterocycles. The fourth-order valence-electron chi connectivity index (χ4n) is 2.00. The second-order valence-electron chi connectivity index (χ2n) is 5.74. The molecule has 0 bridgehead atoms. The topological polar surface area (TPSA) is 29.5 Å². The molecule has 1 fully saturated rings. The minimum Gasteiger partial charge on any atom is -0.378 e. The van der Waals surface area contributed by atoms with Crippen molar-refractivity contribution in [3.05, 3.63) is 21.4 Å². The van der Waals surface area contributed by atoms with Crippen LogP contribution < -0.4 is 0 Å². The first-order valence-corrected chi connectivity index (χ1v) is 7.19. The van der Waals surface area contributed by atoms with Gasteiger partial charge in [-0.05, 0) is 18.4 Å². The first-order chi connectivity index (χ1) is 8.39. The van der Waals surface area contributed by atoms with Crippen LogP contribution in [0.2, 0.25) is 0 Å². The predicted octanol–water partition coefficient (Wildman–Crippen LogP) is 2.83. The summed E-state index contributed by atoms with van der Waals surface area (Å²) in [6.07, 6.45) is 0. The van der Waals surface area contributed by atoms with Gasteiger partial charge in [0.1, 0.15) is 0 Å². The fraction of sp³-hybridized carbons (Fsp3) is 0.643. The van der Waals surface area contributed by atoms with E-state index in [2.05, 4.69) is 26.8 Å². The summed E-state index contributed by atoms with van der Waals surface area (Å²) in [7, 11) is 0. The van der Waals surface area contributed by atoms with Crippen molar-refractivity contribution < 1.29 is 9.53 Å². The molecule has 1 amide bonds. The highest BCUT2D eigenvalue weighted by Gasteiger charge is 2.24. The van der Waals surface area contributed by atoms with Crippen molar-refractivity contribution in [2.75, 3.05) is 26.3 Å². The molecule has 1 aliphatic rings. The summed E-state index contributed by atoms with van der Waals surface area (Å²) in [4.78, 5) is 16.7.